The van der Waals surface area contributed by atoms with Crippen LogP contribution in [0.2, 0.25) is 0 Å². The summed E-state index contributed by atoms with van der Waals surface area (Å²) >= 11 is -0.967. The quantitative estimate of drug-likeness (QED) is 0.474. The van der Waals surface area contributed by atoms with Crippen molar-refractivity contribution in [1.82, 2.24) is 0 Å². The number of aliphatic carboxylic acids is 1. The molecule has 13 heavy (non-hydrogen) atoms. The third-order valence-electron chi connectivity index (χ3n) is 1.72. The zero-order valence-electron chi connectivity index (χ0n) is 7.85. The maximum atomic E-state index is 10.7. The van der Waals surface area contributed by atoms with Crippen LogP contribution in [-0.2, 0) is 4.79 Å². The van der Waals surface area contributed by atoms with E-state index in [0.29, 0.717) is 0 Å². The van der Waals surface area contributed by atoms with Crippen molar-refractivity contribution >= 4 is 5.97 Å². The first-order chi connectivity index (χ1) is 6.66. The van der Waals surface area contributed by atoms with Crippen molar-refractivity contribution in [2.45, 2.75) is 9.97 Å². The second-order valence-electron chi connectivity index (χ2n) is 2.68. The molecule has 1 rings (SSSR count). The molecule has 2 atom stereocenters. The molecular formula is C9H11INO2-. The molecule has 3 nitrogen and oxygen atoms in total. The van der Waals surface area contributed by atoms with E-state index in [9.17, 15) is 4.79 Å². The summed E-state index contributed by atoms with van der Waals surface area (Å²) < 4.78 is 7.06. The summed E-state index contributed by atoms with van der Waals surface area (Å²) in [5.74, 6) is -1.04. The van der Waals surface area contributed by atoms with Gasteiger partial charge >= 0.3 is 90.5 Å². The van der Waals surface area contributed by atoms with Crippen LogP contribution in [-0.4, -0.2) is 17.7 Å². The van der Waals surface area contributed by atoms with E-state index in [0.717, 1.165) is 5.56 Å². The predicted octanol–water partition coefficient (Wildman–Crippen LogP) is -2.57. The average Bonchev–Trinajstić information content (AvgIpc) is 2.20. The topological polar surface area (TPSA) is 63.3 Å². The number of nitrogens with two attached hydrogens (primary N) is 1. The van der Waals surface area contributed by atoms with E-state index < -0.39 is 34.4 Å². The number of halogens is 1. The summed E-state index contributed by atoms with van der Waals surface area (Å²) in [7, 11) is 0. The van der Waals surface area contributed by atoms with E-state index in [1.807, 2.05) is 30.3 Å². The zero-order valence-corrected chi connectivity index (χ0v) is 9.01. The molecule has 0 heterocycles. The number of carboxylic acids is 1. The van der Waals surface area contributed by atoms with E-state index in [2.05, 4.69) is 0 Å². The number of carbonyl (C=O) groups is 1. The first-order valence-corrected chi connectivity index (χ1v) is 5.05. The number of benzene rings is 1. The third kappa shape index (κ3) is 2.67. The Hall–Kier alpha value is -0.620. The predicted molar refractivity (Wildman–Crippen MR) is 46.2 cm³/mol. The van der Waals surface area contributed by atoms with Crippen LogP contribution in [0.4, 0.5) is 0 Å². The van der Waals surface area contributed by atoms with Gasteiger partial charge in [-0.1, -0.05) is 0 Å². The van der Waals surface area contributed by atoms with Gasteiger partial charge in [0.15, 0.2) is 0 Å². The van der Waals surface area contributed by atoms with Gasteiger partial charge in [0.25, 0.3) is 0 Å². The van der Waals surface area contributed by atoms with Gasteiger partial charge in [-0.15, -0.1) is 0 Å². The standard InChI is InChI=1S/C9H11INO2/c10-7(8(11)9(12)13)6-4-2-1-3-5-6/h1-5,7-8,10H,11H2,(H,12,13)/q-1/t7?,8-/m0/s1/i10D. The molecule has 1 aromatic rings. The first kappa shape index (κ1) is 8.96. The summed E-state index contributed by atoms with van der Waals surface area (Å²) in [4.78, 5) is 10.7. The third-order valence-corrected chi connectivity index (χ3v) is 3.21. The van der Waals surface area contributed by atoms with Crippen molar-refractivity contribution in [2.24, 2.45) is 5.73 Å². The van der Waals surface area contributed by atoms with Gasteiger partial charge in [0, 0.05) is 0 Å². The minimum absolute atomic E-state index is 0.326. The van der Waals surface area contributed by atoms with Crippen LogP contribution in [0.5, 0.6) is 0 Å². The number of hydrogen-bond acceptors (Lipinski definition) is 2. The molecule has 0 amide bonds. The monoisotopic (exact) mass is 293 g/mol. The van der Waals surface area contributed by atoms with E-state index >= 15 is 0 Å². The van der Waals surface area contributed by atoms with Gasteiger partial charge in [-0.25, -0.2) is 0 Å². The van der Waals surface area contributed by atoms with Crippen LogP contribution >= 0.6 is 0 Å². The Morgan fingerprint density at radius 2 is 2.15 bits per heavy atom. The molecule has 0 spiro atoms. The van der Waals surface area contributed by atoms with E-state index in [1.54, 1.807) is 0 Å². The fourth-order valence-electron chi connectivity index (χ4n) is 0.969. The number of rotatable bonds is 4. The molecule has 0 fully saturated rings. The van der Waals surface area contributed by atoms with E-state index in [-0.39, 0.29) is 3.92 Å². The Balaban J connectivity index is 2.87. The first-order valence-electron chi connectivity index (χ1n) is 4.18. The fraction of sp³-hybridized carbons (Fsp3) is 0.222. The molecule has 1 aromatic carbocycles. The van der Waals surface area contributed by atoms with E-state index in [4.69, 9.17) is 11.4 Å². The molecule has 4 heteroatoms. The van der Waals surface area contributed by atoms with Crippen molar-refractivity contribution in [3.05, 3.63) is 35.9 Å². The summed E-state index contributed by atoms with van der Waals surface area (Å²) in [6.07, 6.45) is 0. The Bertz CT molecular complexity index is 307. The van der Waals surface area contributed by atoms with Gasteiger partial charge in [-0.05, 0) is 0 Å². The van der Waals surface area contributed by atoms with Crippen LogP contribution in [0.15, 0.2) is 30.3 Å². The molecule has 0 aliphatic rings. The SMILES string of the molecule is [2H][I-]C(c1ccccc1)[C@H](N)C(=O)O. The maximum absolute atomic E-state index is 10.7. The summed E-state index contributed by atoms with van der Waals surface area (Å²) in [5, 5.41) is 8.75. The van der Waals surface area contributed by atoms with Crippen LogP contribution < -0.4 is 28.1 Å². The fourth-order valence-corrected chi connectivity index (χ4v) is 1.69. The molecule has 72 valence electrons. The molecule has 1 unspecified atom stereocenters. The minimum atomic E-state index is -1.04. The van der Waals surface area contributed by atoms with Crippen molar-refractivity contribution in [3.63, 3.8) is 0 Å². The number of hydrogen-bond donors (Lipinski definition) is 2. The molecule has 0 radical (unpaired) electrons. The van der Waals surface area contributed by atoms with Gasteiger partial charge in [-0.3, -0.25) is 0 Å². The Kier molecular flexibility index (Phi) is 3.15. The van der Waals surface area contributed by atoms with Crippen LogP contribution in [0.1, 0.15) is 9.49 Å². The van der Waals surface area contributed by atoms with Crippen molar-refractivity contribution in [2.75, 3.05) is 0 Å². The van der Waals surface area contributed by atoms with Crippen molar-refractivity contribution in [3.8, 4) is 0 Å². The second kappa shape index (κ2) is 4.57. The summed E-state index contributed by atoms with van der Waals surface area (Å²) in [6.45, 7) is 0. The van der Waals surface area contributed by atoms with Gasteiger partial charge in [-0.2, -0.15) is 0 Å². The Morgan fingerprint density at radius 3 is 2.62 bits per heavy atom. The normalized spacial score (nSPS) is 16.2. The van der Waals surface area contributed by atoms with Gasteiger partial charge < -0.3 is 0 Å². The summed E-state index contributed by atoms with van der Waals surface area (Å²) in [5.41, 5.74) is 6.36. The molecule has 0 aliphatic carbocycles. The van der Waals surface area contributed by atoms with Crippen molar-refractivity contribution in [1.29, 1.82) is 0.594 Å². The second-order valence-corrected chi connectivity index (χ2v) is 4.02. The van der Waals surface area contributed by atoms with Gasteiger partial charge in [0.2, 0.25) is 0 Å². The van der Waals surface area contributed by atoms with Gasteiger partial charge in [0.05, 0.1) is 0 Å². The summed E-state index contributed by atoms with van der Waals surface area (Å²) in [6, 6.07) is 8.20. The molecule has 3 N–H and O–H groups in total. The van der Waals surface area contributed by atoms with Crippen LogP contribution in [0.3, 0.4) is 0 Å². The Labute approximate surface area is 90.5 Å². The Morgan fingerprint density at radius 1 is 1.54 bits per heavy atom. The van der Waals surface area contributed by atoms with E-state index in [1.165, 1.54) is 0 Å². The number of alkyl halides is 1. The zero-order chi connectivity index (χ0) is 10.6. The molecule has 0 bridgehead atoms. The molecule has 0 saturated carbocycles. The molecular weight excluding hydrogens is 281 g/mol. The average molecular weight is 293 g/mol. The van der Waals surface area contributed by atoms with Crippen LogP contribution in [0, 0.1) is 0 Å². The molecule has 0 saturated heterocycles. The van der Waals surface area contributed by atoms with Crippen molar-refractivity contribution < 1.29 is 32.3 Å². The van der Waals surface area contributed by atoms with Gasteiger partial charge in [0.1, 0.15) is 0 Å². The number of carboxylic acid groups (broad SMARTS) is 1. The molecule has 0 aromatic heterocycles. The van der Waals surface area contributed by atoms with Crippen LogP contribution in [0.25, 0.3) is 0 Å². The molecule has 0 aliphatic heterocycles.